The summed E-state index contributed by atoms with van der Waals surface area (Å²) < 4.78 is 5.11. The molecule has 5 heteroatoms. The predicted molar refractivity (Wildman–Crippen MR) is 103 cm³/mol. The number of ether oxygens (including phenoxy) is 1. The van der Waals surface area contributed by atoms with Gasteiger partial charge in [-0.15, -0.1) is 0 Å². The van der Waals surface area contributed by atoms with E-state index in [4.69, 9.17) is 4.74 Å². The monoisotopic (exact) mass is 359 g/mol. The van der Waals surface area contributed by atoms with Crippen molar-refractivity contribution >= 4 is 5.91 Å². The second kappa shape index (κ2) is 10.0. The molecule has 0 aromatic carbocycles. The number of amides is 1. The molecule has 1 aromatic rings. The molecule has 5 nitrogen and oxygen atoms in total. The van der Waals surface area contributed by atoms with Crippen LogP contribution in [-0.4, -0.2) is 60.1 Å². The van der Waals surface area contributed by atoms with Gasteiger partial charge in [0.05, 0.1) is 0 Å². The van der Waals surface area contributed by atoms with Gasteiger partial charge in [0.25, 0.3) is 0 Å². The van der Waals surface area contributed by atoms with Crippen LogP contribution in [0.4, 0.5) is 0 Å². The fourth-order valence-corrected chi connectivity index (χ4v) is 4.52. The minimum Gasteiger partial charge on any atom is -0.375 e. The zero-order valence-corrected chi connectivity index (χ0v) is 16.1. The topological polar surface area (TPSA) is 45.7 Å². The Kier molecular flexibility index (Phi) is 7.44. The molecule has 2 aliphatic rings. The first-order chi connectivity index (χ1) is 12.8. The lowest BCUT2D eigenvalue weighted by atomic mass is 9.90. The fraction of sp³-hybridized carbons (Fsp3) is 0.714. The molecule has 2 fully saturated rings. The van der Waals surface area contributed by atoms with Crippen molar-refractivity contribution in [3.63, 3.8) is 0 Å². The third-order valence-electron chi connectivity index (χ3n) is 5.84. The second-order valence-electron chi connectivity index (χ2n) is 7.86. The first-order valence-electron chi connectivity index (χ1n) is 10.2. The van der Waals surface area contributed by atoms with Crippen molar-refractivity contribution in [2.75, 3.05) is 33.4 Å². The molecule has 0 bridgehead atoms. The summed E-state index contributed by atoms with van der Waals surface area (Å²) in [5.74, 6) is 0.634. The minimum absolute atomic E-state index is 0.0751. The van der Waals surface area contributed by atoms with Gasteiger partial charge in [0, 0.05) is 45.2 Å². The molecule has 1 atom stereocenters. The summed E-state index contributed by atoms with van der Waals surface area (Å²) in [7, 11) is 1.59. The molecule has 1 amide bonds. The van der Waals surface area contributed by atoms with E-state index in [0.29, 0.717) is 12.5 Å². The number of nitrogens with zero attached hydrogens (tertiary/aromatic N) is 3. The van der Waals surface area contributed by atoms with Crippen LogP contribution in [0.25, 0.3) is 0 Å². The Morgan fingerprint density at radius 1 is 1.27 bits per heavy atom. The highest BCUT2D eigenvalue weighted by Crippen LogP contribution is 2.27. The molecular formula is C21H33N3O2. The lowest BCUT2D eigenvalue weighted by molar-refractivity contribution is -0.136. The molecule has 144 valence electrons. The molecule has 1 unspecified atom stereocenters. The summed E-state index contributed by atoms with van der Waals surface area (Å²) in [5, 5.41) is 0. The van der Waals surface area contributed by atoms with E-state index in [9.17, 15) is 4.79 Å². The van der Waals surface area contributed by atoms with E-state index in [1.54, 1.807) is 13.3 Å². The fourth-order valence-electron chi connectivity index (χ4n) is 4.52. The molecule has 1 saturated carbocycles. The Labute approximate surface area is 157 Å². The number of methoxy groups -OCH3 is 1. The molecule has 1 saturated heterocycles. The smallest absolute Gasteiger partial charge is 0.248 e. The number of pyridine rings is 1. The molecule has 3 rings (SSSR count). The Morgan fingerprint density at radius 3 is 2.85 bits per heavy atom. The normalized spacial score (nSPS) is 22.3. The van der Waals surface area contributed by atoms with E-state index in [1.165, 1.54) is 51.5 Å². The van der Waals surface area contributed by atoms with Crippen LogP contribution in [0.1, 0.15) is 50.5 Å². The molecule has 0 radical (unpaired) electrons. The first kappa shape index (κ1) is 19.3. The van der Waals surface area contributed by atoms with Crippen molar-refractivity contribution in [1.82, 2.24) is 14.8 Å². The number of rotatable bonds is 7. The SMILES string of the molecule is COCC(=O)N(Cc1cccnc1)CC1CCCN(C2CCCCC2)C1. The highest BCUT2D eigenvalue weighted by atomic mass is 16.5. The van der Waals surface area contributed by atoms with Crippen LogP contribution >= 0.6 is 0 Å². The summed E-state index contributed by atoms with van der Waals surface area (Å²) in [5.41, 5.74) is 1.08. The van der Waals surface area contributed by atoms with Gasteiger partial charge in [-0.1, -0.05) is 25.3 Å². The van der Waals surface area contributed by atoms with Gasteiger partial charge in [0.2, 0.25) is 5.91 Å². The number of likely N-dealkylation sites (tertiary alicyclic amines) is 1. The van der Waals surface area contributed by atoms with Crippen molar-refractivity contribution in [2.24, 2.45) is 5.92 Å². The summed E-state index contributed by atoms with van der Waals surface area (Å²) in [6, 6.07) is 4.74. The molecule has 0 spiro atoms. The number of carbonyl (C=O) groups excluding carboxylic acids is 1. The molecule has 2 heterocycles. The van der Waals surface area contributed by atoms with Crippen LogP contribution in [0.15, 0.2) is 24.5 Å². The van der Waals surface area contributed by atoms with Gasteiger partial charge in [-0.3, -0.25) is 9.78 Å². The maximum atomic E-state index is 12.6. The number of hydrogen-bond acceptors (Lipinski definition) is 4. The van der Waals surface area contributed by atoms with Crippen LogP contribution < -0.4 is 0 Å². The Bertz CT molecular complexity index is 545. The van der Waals surface area contributed by atoms with E-state index in [1.807, 2.05) is 23.2 Å². The number of piperidine rings is 1. The van der Waals surface area contributed by atoms with E-state index < -0.39 is 0 Å². The van der Waals surface area contributed by atoms with Crippen molar-refractivity contribution in [2.45, 2.75) is 57.5 Å². The number of aromatic nitrogens is 1. The second-order valence-corrected chi connectivity index (χ2v) is 7.86. The largest absolute Gasteiger partial charge is 0.375 e. The average Bonchev–Trinajstić information content (AvgIpc) is 2.69. The third-order valence-corrected chi connectivity index (χ3v) is 5.84. The van der Waals surface area contributed by atoms with E-state index in [-0.39, 0.29) is 12.5 Å². The quantitative estimate of drug-likeness (QED) is 0.750. The molecule has 0 N–H and O–H groups in total. The lowest BCUT2D eigenvalue weighted by Gasteiger charge is -2.41. The zero-order valence-electron chi connectivity index (χ0n) is 16.1. The predicted octanol–water partition coefficient (Wildman–Crippen LogP) is 3.10. The molecule has 26 heavy (non-hydrogen) atoms. The van der Waals surface area contributed by atoms with Crippen LogP contribution in [0.3, 0.4) is 0 Å². The Morgan fingerprint density at radius 2 is 2.12 bits per heavy atom. The van der Waals surface area contributed by atoms with E-state index in [0.717, 1.165) is 24.7 Å². The van der Waals surface area contributed by atoms with Gasteiger partial charge in [-0.05, 0) is 49.8 Å². The maximum Gasteiger partial charge on any atom is 0.248 e. The van der Waals surface area contributed by atoms with Gasteiger partial charge in [-0.2, -0.15) is 0 Å². The van der Waals surface area contributed by atoms with Gasteiger partial charge < -0.3 is 14.5 Å². The van der Waals surface area contributed by atoms with Gasteiger partial charge in [0.1, 0.15) is 6.61 Å². The zero-order chi connectivity index (χ0) is 18.2. The number of carbonyl (C=O) groups is 1. The highest BCUT2D eigenvalue weighted by molar-refractivity contribution is 5.77. The average molecular weight is 360 g/mol. The van der Waals surface area contributed by atoms with E-state index >= 15 is 0 Å². The molecule has 1 aliphatic heterocycles. The van der Waals surface area contributed by atoms with Crippen LogP contribution in [-0.2, 0) is 16.1 Å². The molecule has 1 aromatic heterocycles. The van der Waals surface area contributed by atoms with E-state index in [2.05, 4.69) is 9.88 Å². The Hall–Kier alpha value is -1.46. The molecule has 1 aliphatic carbocycles. The van der Waals surface area contributed by atoms with Crippen LogP contribution in [0.5, 0.6) is 0 Å². The van der Waals surface area contributed by atoms with Gasteiger partial charge in [-0.25, -0.2) is 0 Å². The van der Waals surface area contributed by atoms with Crippen molar-refractivity contribution < 1.29 is 9.53 Å². The van der Waals surface area contributed by atoms with Crippen molar-refractivity contribution in [3.8, 4) is 0 Å². The van der Waals surface area contributed by atoms with Gasteiger partial charge >= 0.3 is 0 Å². The summed E-state index contributed by atoms with van der Waals surface area (Å²) in [4.78, 5) is 21.4. The number of hydrogen-bond donors (Lipinski definition) is 0. The molecular weight excluding hydrogens is 326 g/mol. The summed E-state index contributed by atoms with van der Waals surface area (Å²) in [6.45, 7) is 3.96. The lowest BCUT2D eigenvalue weighted by Crippen LogP contribution is -2.47. The maximum absolute atomic E-state index is 12.6. The summed E-state index contributed by atoms with van der Waals surface area (Å²) in [6.07, 6.45) is 13.0. The first-order valence-corrected chi connectivity index (χ1v) is 10.2. The minimum atomic E-state index is 0.0751. The summed E-state index contributed by atoms with van der Waals surface area (Å²) >= 11 is 0. The third kappa shape index (κ3) is 5.52. The van der Waals surface area contributed by atoms with Crippen molar-refractivity contribution in [1.29, 1.82) is 0 Å². The van der Waals surface area contributed by atoms with Gasteiger partial charge in [0.15, 0.2) is 0 Å². The Balaban J connectivity index is 1.60. The van der Waals surface area contributed by atoms with Crippen molar-refractivity contribution in [3.05, 3.63) is 30.1 Å². The van der Waals surface area contributed by atoms with Crippen LogP contribution in [0.2, 0.25) is 0 Å². The highest BCUT2D eigenvalue weighted by Gasteiger charge is 2.29. The van der Waals surface area contributed by atoms with Crippen LogP contribution in [0, 0.1) is 5.92 Å². The standard InChI is InChI=1S/C21H33N3O2/c1-26-17-21(25)24(14-18-7-5-11-22-13-18)16-19-8-6-12-23(15-19)20-9-3-2-4-10-20/h5,7,11,13,19-20H,2-4,6,8-10,12,14-17H2,1H3.